The normalized spacial score (nSPS) is 18.2. The standard InChI is InChI=1S/C17H19N3O2/c1-12-10-13(11-16(21)19-12)17(22)20-9-5-3-7-15(20)14-6-2-4-8-18-14/h2,4,6,8,10-11,15H,3,5,7,9H2,1H3,(H,19,21)/t15-/m0/s1. The highest BCUT2D eigenvalue weighted by Crippen LogP contribution is 2.30. The van der Waals surface area contributed by atoms with Gasteiger partial charge >= 0.3 is 0 Å². The Balaban J connectivity index is 1.93. The molecule has 0 unspecified atom stereocenters. The number of hydrogen-bond acceptors (Lipinski definition) is 3. The largest absolute Gasteiger partial charge is 0.330 e. The zero-order valence-electron chi connectivity index (χ0n) is 12.6. The quantitative estimate of drug-likeness (QED) is 0.926. The van der Waals surface area contributed by atoms with E-state index < -0.39 is 0 Å². The van der Waals surface area contributed by atoms with Gasteiger partial charge in [0.1, 0.15) is 0 Å². The number of aryl methyl sites for hydroxylation is 1. The van der Waals surface area contributed by atoms with Crippen LogP contribution >= 0.6 is 0 Å². The van der Waals surface area contributed by atoms with Crippen LogP contribution in [0.5, 0.6) is 0 Å². The van der Waals surface area contributed by atoms with Gasteiger partial charge in [-0.15, -0.1) is 0 Å². The monoisotopic (exact) mass is 297 g/mol. The number of likely N-dealkylation sites (tertiary alicyclic amines) is 1. The molecule has 1 atom stereocenters. The van der Waals surface area contributed by atoms with Crippen molar-refractivity contribution in [3.05, 3.63) is 63.8 Å². The van der Waals surface area contributed by atoms with E-state index in [1.54, 1.807) is 19.2 Å². The van der Waals surface area contributed by atoms with E-state index in [2.05, 4.69) is 9.97 Å². The number of aromatic nitrogens is 2. The minimum Gasteiger partial charge on any atom is -0.330 e. The van der Waals surface area contributed by atoms with Crippen LogP contribution in [0.25, 0.3) is 0 Å². The molecule has 0 bridgehead atoms. The number of nitrogens with one attached hydrogen (secondary N) is 1. The summed E-state index contributed by atoms with van der Waals surface area (Å²) in [5.41, 5.74) is 1.82. The fourth-order valence-electron chi connectivity index (χ4n) is 3.03. The number of aromatic amines is 1. The highest BCUT2D eigenvalue weighted by Gasteiger charge is 2.29. The molecule has 2 aromatic rings. The van der Waals surface area contributed by atoms with Crippen LogP contribution in [-0.4, -0.2) is 27.3 Å². The lowest BCUT2D eigenvalue weighted by Crippen LogP contribution is -2.39. The number of rotatable bonds is 2. The van der Waals surface area contributed by atoms with E-state index in [-0.39, 0.29) is 17.5 Å². The van der Waals surface area contributed by atoms with Gasteiger partial charge < -0.3 is 9.88 Å². The van der Waals surface area contributed by atoms with Gasteiger partial charge in [-0.1, -0.05) is 6.07 Å². The molecule has 0 spiro atoms. The molecular weight excluding hydrogens is 278 g/mol. The number of nitrogens with zero attached hydrogens (tertiary/aromatic N) is 2. The first-order valence-corrected chi connectivity index (χ1v) is 7.58. The zero-order valence-corrected chi connectivity index (χ0v) is 12.6. The Hall–Kier alpha value is -2.43. The Labute approximate surface area is 129 Å². The van der Waals surface area contributed by atoms with Gasteiger partial charge in [-0.05, 0) is 44.4 Å². The maximum Gasteiger partial charge on any atom is 0.254 e. The molecular formula is C17H19N3O2. The lowest BCUT2D eigenvalue weighted by Gasteiger charge is -2.35. The van der Waals surface area contributed by atoms with Gasteiger partial charge in [0.25, 0.3) is 5.91 Å². The van der Waals surface area contributed by atoms with Crippen molar-refractivity contribution < 1.29 is 4.79 Å². The first-order chi connectivity index (χ1) is 10.6. The fourth-order valence-corrected chi connectivity index (χ4v) is 3.03. The molecule has 1 fully saturated rings. The summed E-state index contributed by atoms with van der Waals surface area (Å²) in [5.74, 6) is -0.0930. The van der Waals surface area contributed by atoms with Crippen molar-refractivity contribution in [3.8, 4) is 0 Å². The molecule has 1 N–H and O–H groups in total. The van der Waals surface area contributed by atoms with Crippen LogP contribution in [0.4, 0.5) is 0 Å². The molecule has 0 radical (unpaired) electrons. The molecule has 0 aromatic carbocycles. The molecule has 5 heteroatoms. The molecule has 1 amide bonds. The van der Waals surface area contributed by atoms with Crippen molar-refractivity contribution >= 4 is 5.91 Å². The first kappa shape index (κ1) is 14.5. The Morgan fingerprint density at radius 3 is 2.91 bits per heavy atom. The van der Waals surface area contributed by atoms with Gasteiger partial charge in [0, 0.05) is 30.1 Å². The predicted molar refractivity (Wildman–Crippen MR) is 83.7 cm³/mol. The SMILES string of the molecule is Cc1cc(C(=O)N2CCCC[C@H]2c2ccccn2)cc(=O)[nH]1. The van der Waals surface area contributed by atoms with Crippen molar-refractivity contribution in [3.63, 3.8) is 0 Å². The number of hydrogen-bond donors (Lipinski definition) is 1. The summed E-state index contributed by atoms with van der Waals surface area (Å²) >= 11 is 0. The molecule has 0 saturated carbocycles. The van der Waals surface area contributed by atoms with Crippen LogP contribution in [0.2, 0.25) is 0 Å². The third kappa shape index (κ3) is 2.93. The first-order valence-electron chi connectivity index (χ1n) is 7.58. The minimum atomic E-state index is -0.241. The Bertz CT molecular complexity index is 724. The van der Waals surface area contributed by atoms with E-state index in [1.165, 1.54) is 6.07 Å². The van der Waals surface area contributed by atoms with Crippen molar-refractivity contribution in [2.45, 2.75) is 32.2 Å². The molecule has 1 aliphatic heterocycles. The second-order valence-corrected chi connectivity index (χ2v) is 5.68. The van der Waals surface area contributed by atoms with Crippen LogP contribution < -0.4 is 5.56 Å². The Morgan fingerprint density at radius 2 is 2.18 bits per heavy atom. The molecule has 5 nitrogen and oxygen atoms in total. The maximum atomic E-state index is 12.8. The van der Waals surface area contributed by atoms with Crippen LogP contribution in [-0.2, 0) is 0 Å². The van der Waals surface area contributed by atoms with E-state index in [9.17, 15) is 9.59 Å². The van der Waals surface area contributed by atoms with Crippen LogP contribution in [0.1, 0.15) is 47.1 Å². The third-order valence-corrected chi connectivity index (χ3v) is 4.02. The molecule has 0 aliphatic carbocycles. The average Bonchev–Trinajstić information content (AvgIpc) is 2.54. The predicted octanol–water partition coefficient (Wildman–Crippen LogP) is 2.45. The number of pyridine rings is 2. The van der Waals surface area contributed by atoms with Gasteiger partial charge in [0.05, 0.1) is 11.7 Å². The summed E-state index contributed by atoms with van der Waals surface area (Å²) in [6.07, 6.45) is 4.73. The summed E-state index contributed by atoms with van der Waals surface area (Å²) in [6.45, 7) is 2.48. The lowest BCUT2D eigenvalue weighted by molar-refractivity contribution is 0.0605. The van der Waals surface area contributed by atoms with Crippen molar-refractivity contribution in [1.82, 2.24) is 14.9 Å². The Morgan fingerprint density at radius 1 is 1.32 bits per heavy atom. The van der Waals surface area contributed by atoms with E-state index in [4.69, 9.17) is 0 Å². The number of piperidine rings is 1. The van der Waals surface area contributed by atoms with E-state index in [0.29, 0.717) is 17.8 Å². The molecule has 3 heterocycles. The number of H-pyrrole nitrogens is 1. The second-order valence-electron chi connectivity index (χ2n) is 5.68. The van der Waals surface area contributed by atoms with E-state index in [0.717, 1.165) is 25.0 Å². The van der Waals surface area contributed by atoms with E-state index in [1.807, 2.05) is 23.1 Å². The summed E-state index contributed by atoms with van der Waals surface area (Å²) in [4.78, 5) is 33.4. The van der Waals surface area contributed by atoms with Crippen LogP contribution in [0.3, 0.4) is 0 Å². The third-order valence-electron chi connectivity index (χ3n) is 4.02. The average molecular weight is 297 g/mol. The molecule has 1 aliphatic rings. The Kier molecular flexibility index (Phi) is 4.04. The smallest absolute Gasteiger partial charge is 0.254 e. The van der Waals surface area contributed by atoms with Gasteiger partial charge in [-0.3, -0.25) is 14.6 Å². The van der Waals surface area contributed by atoms with E-state index >= 15 is 0 Å². The van der Waals surface area contributed by atoms with Gasteiger partial charge in [0.15, 0.2) is 0 Å². The van der Waals surface area contributed by atoms with Gasteiger partial charge in [0.2, 0.25) is 5.56 Å². The maximum absolute atomic E-state index is 12.8. The molecule has 1 saturated heterocycles. The number of amides is 1. The highest BCUT2D eigenvalue weighted by molar-refractivity contribution is 5.94. The minimum absolute atomic E-state index is 0.0120. The summed E-state index contributed by atoms with van der Waals surface area (Å²) in [6, 6.07) is 8.87. The molecule has 114 valence electrons. The van der Waals surface area contributed by atoms with Crippen molar-refractivity contribution in [2.75, 3.05) is 6.54 Å². The summed E-state index contributed by atoms with van der Waals surface area (Å²) < 4.78 is 0. The van der Waals surface area contributed by atoms with Crippen LogP contribution in [0.15, 0.2) is 41.3 Å². The highest BCUT2D eigenvalue weighted by atomic mass is 16.2. The molecule has 2 aromatic heterocycles. The summed E-state index contributed by atoms with van der Waals surface area (Å²) in [7, 11) is 0. The fraction of sp³-hybridized carbons (Fsp3) is 0.353. The summed E-state index contributed by atoms with van der Waals surface area (Å²) in [5, 5.41) is 0. The number of carbonyl (C=O) groups is 1. The van der Waals surface area contributed by atoms with Gasteiger partial charge in [-0.2, -0.15) is 0 Å². The topological polar surface area (TPSA) is 66.1 Å². The van der Waals surface area contributed by atoms with Gasteiger partial charge in [-0.25, -0.2) is 0 Å². The van der Waals surface area contributed by atoms with Crippen molar-refractivity contribution in [2.24, 2.45) is 0 Å². The molecule has 3 rings (SSSR count). The zero-order chi connectivity index (χ0) is 15.5. The number of carbonyl (C=O) groups excluding carboxylic acids is 1. The lowest BCUT2D eigenvalue weighted by atomic mass is 9.97. The van der Waals surface area contributed by atoms with Crippen molar-refractivity contribution in [1.29, 1.82) is 0 Å². The second kappa shape index (κ2) is 6.13. The molecule has 22 heavy (non-hydrogen) atoms. The van der Waals surface area contributed by atoms with Crippen LogP contribution in [0, 0.1) is 6.92 Å².